The Kier molecular flexibility index (Phi) is 44.9. The molecule has 6 heteroatoms. The number of hydrogen-bond donors (Lipinski definition) is 0. The summed E-state index contributed by atoms with van der Waals surface area (Å²) in [6, 6.07) is 0. The van der Waals surface area contributed by atoms with E-state index < -0.39 is 6.10 Å². The Morgan fingerprint density at radius 2 is 0.638 bits per heavy atom. The lowest BCUT2D eigenvalue weighted by Crippen LogP contribution is -2.30. The molecule has 0 N–H and O–H groups in total. The first-order valence-electron chi connectivity index (χ1n) is 24.6. The number of unbranched alkanes of at least 4 members (excludes halogenated alkanes) is 25. The zero-order valence-electron chi connectivity index (χ0n) is 38.3. The van der Waals surface area contributed by atoms with Gasteiger partial charge in [-0.3, -0.25) is 14.4 Å². The van der Waals surface area contributed by atoms with Gasteiger partial charge in [-0.15, -0.1) is 0 Å². The van der Waals surface area contributed by atoms with E-state index in [0.717, 1.165) is 64.2 Å². The first-order chi connectivity index (χ1) is 28.5. The summed E-state index contributed by atoms with van der Waals surface area (Å²) in [5, 5.41) is 0. The van der Waals surface area contributed by atoms with E-state index in [9.17, 15) is 14.4 Å². The highest BCUT2D eigenvalue weighted by Gasteiger charge is 2.19. The number of carbonyl (C=O) groups excluding carboxylic acids is 3. The maximum absolute atomic E-state index is 12.7. The van der Waals surface area contributed by atoms with Crippen LogP contribution >= 0.6 is 0 Å². The van der Waals surface area contributed by atoms with Crippen LogP contribution in [0.5, 0.6) is 0 Å². The van der Waals surface area contributed by atoms with Crippen LogP contribution in [0.4, 0.5) is 0 Å². The molecule has 0 saturated heterocycles. The lowest BCUT2D eigenvalue weighted by atomic mass is 10.0. The van der Waals surface area contributed by atoms with Gasteiger partial charge in [0.25, 0.3) is 0 Å². The molecule has 0 unspecified atom stereocenters. The van der Waals surface area contributed by atoms with Crippen molar-refractivity contribution < 1.29 is 28.6 Å². The van der Waals surface area contributed by atoms with Crippen molar-refractivity contribution in [2.75, 3.05) is 13.2 Å². The summed E-state index contributed by atoms with van der Waals surface area (Å²) in [7, 11) is 0. The topological polar surface area (TPSA) is 78.9 Å². The minimum Gasteiger partial charge on any atom is -0.462 e. The van der Waals surface area contributed by atoms with E-state index in [-0.39, 0.29) is 37.5 Å². The Hall–Kier alpha value is -2.63. The summed E-state index contributed by atoms with van der Waals surface area (Å²) in [5.74, 6) is -0.942. The summed E-state index contributed by atoms with van der Waals surface area (Å²) < 4.78 is 16.7. The van der Waals surface area contributed by atoms with Gasteiger partial charge in [0.2, 0.25) is 0 Å². The van der Waals surface area contributed by atoms with Gasteiger partial charge < -0.3 is 14.2 Å². The molecule has 1 atom stereocenters. The number of carbonyl (C=O) groups is 3. The summed E-state index contributed by atoms with van der Waals surface area (Å²) >= 11 is 0. The zero-order chi connectivity index (χ0) is 42.3. The molecule has 6 nitrogen and oxygen atoms in total. The predicted octanol–water partition coefficient (Wildman–Crippen LogP) is 15.9. The third kappa shape index (κ3) is 44.5. The van der Waals surface area contributed by atoms with E-state index in [0.29, 0.717) is 19.3 Å². The lowest BCUT2D eigenvalue weighted by molar-refractivity contribution is -0.167. The molecule has 0 spiro atoms. The molecule has 0 aromatic carbocycles. The molecule has 0 radical (unpaired) electrons. The number of ether oxygens (including phenoxy) is 3. The second-order valence-corrected chi connectivity index (χ2v) is 16.4. The predicted molar refractivity (Wildman–Crippen MR) is 247 cm³/mol. The van der Waals surface area contributed by atoms with Crippen LogP contribution in [0, 0.1) is 0 Å². The van der Waals surface area contributed by atoms with Crippen LogP contribution in [0.3, 0.4) is 0 Å². The Balaban J connectivity index is 4.43. The normalized spacial score (nSPS) is 12.4. The Morgan fingerprint density at radius 1 is 0.345 bits per heavy atom. The molecule has 58 heavy (non-hydrogen) atoms. The van der Waals surface area contributed by atoms with Crippen LogP contribution in [0.2, 0.25) is 0 Å². The molecule has 0 aliphatic heterocycles. The van der Waals surface area contributed by atoms with Crippen molar-refractivity contribution in [2.24, 2.45) is 0 Å². The molecule has 336 valence electrons. The molecule has 0 aliphatic rings. The van der Waals surface area contributed by atoms with Crippen molar-refractivity contribution in [3.05, 3.63) is 48.6 Å². The van der Waals surface area contributed by atoms with Crippen molar-refractivity contribution >= 4 is 17.9 Å². The number of hydrogen-bond acceptors (Lipinski definition) is 6. The van der Waals surface area contributed by atoms with Crippen molar-refractivity contribution in [2.45, 2.75) is 252 Å². The first kappa shape index (κ1) is 55.4. The standard InChI is InChI=1S/C52H92O6/c1-4-7-10-13-16-19-22-24-25-26-27-29-30-33-36-39-42-45-51(54)57-48-49(47-56-50(53)44-41-38-35-32-21-18-15-12-9-6-3)58-52(55)46-43-40-37-34-31-28-23-20-17-14-11-8-5-2/h16,19,24-25,27,29,33,36,49H,4-15,17-18,20-23,26,28,30-32,34-35,37-48H2,1-3H3/b19-16-,25-24-,29-27-,36-33-/t49-/m1/s1. The largest absolute Gasteiger partial charge is 0.462 e. The maximum atomic E-state index is 12.7. The van der Waals surface area contributed by atoms with Crippen LogP contribution < -0.4 is 0 Å². The van der Waals surface area contributed by atoms with Gasteiger partial charge in [0.05, 0.1) is 0 Å². The summed E-state index contributed by atoms with van der Waals surface area (Å²) in [6.07, 6.45) is 55.2. The Labute approximate surface area is 358 Å². The van der Waals surface area contributed by atoms with Crippen molar-refractivity contribution in [3.8, 4) is 0 Å². The van der Waals surface area contributed by atoms with Crippen LogP contribution in [0.15, 0.2) is 48.6 Å². The molecular weight excluding hydrogens is 721 g/mol. The van der Waals surface area contributed by atoms with Crippen molar-refractivity contribution in [1.29, 1.82) is 0 Å². The molecular formula is C52H92O6. The van der Waals surface area contributed by atoms with Gasteiger partial charge in [-0.1, -0.05) is 217 Å². The molecule has 0 aromatic rings. The van der Waals surface area contributed by atoms with Gasteiger partial charge in [-0.2, -0.15) is 0 Å². The summed E-state index contributed by atoms with van der Waals surface area (Å²) in [4.78, 5) is 37.8. The van der Waals surface area contributed by atoms with Crippen molar-refractivity contribution in [1.82, 2.24) is 0 Å². The molecule has 0 aromatic heterocycles. The second kappa shape index (κ2) is 47.1. The minimum atomic E-state index is -0.788. The van der Waals surface area contributed by atoms with E-state index in [1.54, 1.807) is 0 Å². The van der Waals surface area contributed by atoms with Crippen molar-refractivity contribution in [3.63, 3.8) is 0 Å². The summed E-state index contributed by atoms with van der Waals surface area (Å²) in [6.45, 7) is 6.55. The molecule has 0 rings (SSSR count). The third-order valence-corrected chi connectivity index (χ3v) is 10.6. The fraction of sp³-hybridized carbons (Fsp3) is 0.788. The average Bonchev–Trinajstić information content (AvgIpc) is 3.22. The van der Waals surface area contributed by atoms with E-state index in [1.807, 2.05) is 0 Å². The number of rotatable bonds is 44. The monoisotopic (exact) mass is 813 g/mol. The Bertz CT molecular complexity index is 1030. The minimum absolute atomic E-state index is 0.0869. The van der Waals surface area contributed by atoms with Gasteiger partial charge in [-0.05, 0) is 57.8 Å². The molecule has 0 amide bonds. The third-order valence-electron chi connectivity index (χ3n) is 10.6. The highest BCUT2D eigenvalue weighted by atomic mass is 16.6. The average molecular weight is 813 g/mol. The highest BCUT2D eigenvalue weighted by molar-refractivity contribution is 5.71. The van der Waals surface area contributed by atoms with E-state index >= 15 is 0 Å². The summed E-state index contributed by atoms with van der Waals surface area (Å²) in [5.41, 5.74) is 0. The fourth-order valence-electron chi connectivity index (χ4n) is 6.85. The molecule has 0 aliphatic carbocycles. The number of esters is 3. The smallest absolute Gasteiger partial charge is 0.306 e. The fourth-order valence-corrected chi connectivity index (χ4v) is 6.85. The van der Waals surface area contributed by atoms with E-state index in [2.05, 4.69) is 69.4 Å². The quantitative estimate of drug-likeness (QED) is 0.0264. The highest BCUT2D eigenvalue weighted by Crippen LogP contribution is 2.15. The van der Waals surface area contributed by atoms with E-state index in [4.69, 9.17) is 14.2 Å². The van der Waals surface area contributed by atoms with Gasteiger partial charge in [0.15, 0.2) is 6.10 Å². The SMILES string of the molecule is CCCCC/C=C\C/C=C\C/C=C\C/C=C\CCCC(=O)OC[C@@H](COC(=O)CCCCCCCCCCCC)OC(=O)CCCCCCCCCCCCCCC. The van der Waals surface area contributed by atoms with Crippen LogP contribution in [0.1, 0.15) is 245 Å². The molecule has 0 heterocycles. The van der Waals surface area contributed by atoms with Gasteiger partial charge in [-0.25, -0.2) is 0 Å². The Morgan fingerprint density at radius 3 is 1.03 bits per heavy atom. The number of allylic oxidation sites excluding steroid dienone is 8. The molecule has 0 fully saturated rings. The van der Waals surface area contributed by atoms with Crippen LogP contribution in [0.25, 0.3) is 0 Å². The first-order valence-corrected chi connectivity index (χ1v) is 24.6. The van der Waals surface area contributed by atoms with E-state index in [1.165, 1.54) is 135 Å². The van der Waals surface area contributed by atoms with Gasteiger partial charge in [0.1, 0.15) is 13.2 Å². The van der Waals surface area contributed by atoms with Gasteiger partial charge >= 0.3 is 17.9 Å². The van der Waals surface area contributed by atoms with Gasteiger partial charge in [0, 0.05) is 19.3 Å². The lowest BCUT2D eigenvalue weighted by Gasteiger charge is -2.18. The zero-order valence-corrected chi connectivity index (χ0v) is 38.3. The maximum Gasteiger partial charge on any atom is 0.306 e. The van der Waals surface area contributed by atoms with Crippen LogP contribution in [-0.4, -0.2) is 37.2 Å². The second-order valence-electron chi connectivity index (χ2n) is 16.4. The van der Waals surface area contributed by atoms with Crippen LogP contribution in [-0.2, 0) is 28.6 Å². The molecule has 0 saturated carbocycles. The molecule has 0 bridgehead atoms.